The van der Waals surface area contributed by atoms with Crippen LogP contribution in [0.25, 0.3) is 0 Å². The van der Waals surface area contributed by atoms with E-state index < -0.39 is 17.8 Å². The number of benzene rings is 1. The third-order valence-electron chi connectivity index (χ3n) is 4.59. The van der Waals surface area contributed by atoms with E-state index in [0.717, 1.165) is 17.5 Å². The lowest BCUT2D eigenvalue weighted by molar-refractivity contribution is -0.197. The average molecular weight is 384 g/mol. The quantitative estimate of drug-likeness (QED) is 0.622. The van der Waals surface area contributed by atoms with Gasteiger partial charge in [0.05, 0.1) is 6.42 Å². The number of hydrogen-bond donors (Lipinski definition) is 0. The van der Waals surface area contributed by atoms with Gasteiger partial charge in [0.15, 0.2) is 0 Å². The molecule has 0 aliphatic carbocycles. The van der Waals surface area contributed by atoms with Crippen LogP contribution in [0.2, 0.25) is 0 Å². The summed E-state index contributed by atoms with van der Waals surface area (Å²) < 4.78 is 0. The molecule has 1 saturated heterocycles. The van der Waals surface area contributed by atoms with Crippen LogP contribution in [0.3, 0.4) is 0 Å². The van der Waals surface area contributed by atoms with Gasteiger partial charge in [-0.1, -0.05) is 24.3 Å². The number of aryl methyl sites for hydroxylation is 2. The fourth-order valence-electron chi connectivity index (χ4n) is 3.02. The van der Waals surface area contributed by atoms with E-state index in [1.807, 2.05) is 24.3 Å². The molecule has 1 fully saturated rings. The van der Waals surface area contributed by atoms with Crippen molar-refractivity contribution in [1.29, 1.82) is 0 Å². The van der Waals surface area contributed by atoms with E-state index in [4.69, 9.17) is 4.84 Å². The number of hydroxylamine groups is 2. The van der Waals surface area contributed by atoms with E-state index in [-0.39, 0.29) is 31.1 Å². The Balaban J connectivity index is 1.40. The lowest BCUT2D eigenvalue weighted by atomic mass is 10.0. The lowest BCUT2D eigenvalue weighted by Crippen LogP contribution is -2.32. The minimum Gasteiger partial charge on any atom is -0.330 e. The summed E-state index contributed by atoms with van der Waals surface area (Å²) in [5.41, 5.74) is 1.99. The number of hydrogen-bond acceptors (Lipinski definition) is 6. The SMILES string of the molecule is O=C(CCc1ccc(CCCN2C(=O)C=CC2=O)cc1)ON1C(=O)CCC1=O. The third kappa shape index (κ3) is 4.70. The second-order valence-electron chi connectivity index (χ2n) is 6.63. The first-order valence-electron chi connectivity index (χ1n) is 9.12. The third-order valence-corrected chi connectivity index (χ3v) is 4.59. The zero-order valence-corrected chi connectivity index (χ0v) is 15.3. The topological polar surface area (TPSA) is 101 Å². The summed E-state index contributed by atoms with van der Waals surface area (Å²) in [5, 5.41) is 0.552. The predicted molar refractivity (Wildman–Crippen MR) is 96.1 cm³/mol. The van der Waals surface area contributed by atoms with Gasteiger partial charge in [0, 0.05) is 31.5 Å². The van der Waals surface area contributed by atoms with Crippen LogP contribution in [-0.2, 0) is 41.7 Å². The zero-order valence-electron chi connectivity index (χ0n) is 15.3. The Bertz CT molecular complexity index is 809. The normalized spacial score (nSPS) is 16.4. The Morgan fingerprint density at radius 3 is 1.96 bits per heavy atom. The van der Waals surface area contributed by atoms with Gasteiger partial charge in [-0.2, -0.15) is 0 Å². The van der Waals surface area contributed by atoms with Gasteiger partial charge < -0.3 is 4.84 Å². The van der Waals surface area contributed by atoms with Crippen molar-refractivity contribution in [2.24, 2.45) is 0 Å². The largest absolute Gasteiger partial charge is 0.333 e. The molecule has 4 amide bonds. The highest BCUT2D eigenvalue weighted by Gasteiger charge is 2.32. The highest BCUT2D eigenvalue weighted by Crippen LogP contribution is 2.14. The van der Waals surface area contributed by atoms with Crippen LogP contribution in [0.15, 0.2) is 36.4 Å². The summed E-state index contributed by atoms with van der Waals surface area (Å²) >= 11 is 0. The molecule has 3 rings (SSSR count). The number of carbonyl (C=O) groups excluding carboxylic acids is 5. The first-order valence-corrected chi connectivity index (χ1v) is 9.12. The molecule has 0 atom stereocenters. The van der Waals surface area contributed by atoms with Crippen molar-refractivity contribution in [2.75, 3.05) is 6.54 Å². The second kappa shape index (κ2) is 8.60. The van der Waals surface area contributed by atoms with Crippen molar-refractivity contribution in [3.05, 3.63) is 47.5 Å². The van der Waals surface area contributed by atoms with Crippen LogP contribution >= 0.6 is 0 Å². The Morgan fingerprint density at radius 2 is 1.39 bits per heavy atom. The summed E-state index contributed by atoms with van der Waals surface area (Å²) in [7, 11) is 0. The van der Waals surface area contributed by atoms with Crippen molar-refractivity contribution >= 4 is 29.6 Å². The van der Waals surface area contributed by atoms with Crippen molar-refractivity contribution in [2.45, 2.75) is 38.5 Å². The molecule has 8 heteroatoms. The van der Waals surface area contributed by atoms with Gasteiger partial charge in [-0.15, -0.1) is 5.06 Å². The summed E-state index contributed by atoms with van der Waals surface area (Å²) in [6.07, 6.45) is 4.57. The molecule has 0 radical (unpaired) electrons. The Morgan fingerprint density at radius 1 is 0.857 bits per heavy atom. The molecule has 146 valence electrons. The first-order chi connectivity index (χ1) is 13.4. The Hall–Kier alpha value is -3.29. The molecule has 28 heavy (non-hydrogen) atoms. The Kier molecular flexibility index (Phi) is 5.98. The van der Waals surface area contributed by atoms with Gasteiger partial charge >= 0.3 is 5.97 Å². The van der Waals surface area contributed by atoms with Crippen LogP contribution in [0.5, 0.6) is 0 Å². The molecule has 2 aliphatic rings. The van der Waals surface area contributed by atoms with Crippen molar-refractivity contribution < 1.29 is 28.8 Å². The molecule has 1 aromatic carbocycles. The van der Waals surface area contributed by atoms with E-state index in [0.29, 0.717) is 24.4 Å². The molecule has 0 unspecified atom stereocenters. The summed E-state index contributed by atoms with van der Waals surface area (Å²) in [6, 6.07) is 7.64. The van der Waals surface area contributed by atoms with Gasteiger partial charge in [-0.3, -0.25) is 24.1 Å². The summed E-state index contributed by atoms with van der Waals surface area (Å²) in [6.45, 7) is 0.381. The summed E-state index contributed by atoms with van der Waals surface area (Å²) in [4.78, 5) is 63.7. The van der Waals surface area contributed by atoms with Gasteiger partial charge in [0.1, 0.15) is 0 Å². The average Bonchev–Trinajstić information content (AvgIpc) is 3.17. The van der Waals surface area contributed by atoms with Crippen molar-refractivity contribution in [3.63, 3.8) is 0 Å². The number of amides is 4. The number of nitrogens with zero attached hydrogens (tertiary/aromatic N) is 2. The maximum Gasteiger partial charge on any atom is 0.333 e. The molecule has 1 aromatic rings. The molecule has 2 heterocycles. The standard InChI is InChI=1S/C20H20N2O6/c23-16-8-9-17(24)21(16)13-1-2-14-3-5-15(6-4-14)7-12-20(27)28-22-18(25)10-11-19(22)26/h3-6,8-9H,1-2,7,10-13H2. The molecular formula is C20H20N2O6. The van der Waals surface area contributed by atoms with E-state index in [1.165, 1.54) is 17.1 Å². The summed E-state index contributed by atoms with van der Waals surface area (Å²) in [5.74, 6) is -2.15. The van der Waals surface area contributed by atoms with Gasteiger partial charge in [-0.05, 0) is 30.4 Å². The number of carbonyl (C=O) groups is 5. The van der Waals surface area contributed by atoms with Crippen molar-refractivity contribution in [1.82, 2.24) is 9.96 Å². The van der Waals surface area contributed by atoms with E-state index in [9.17, 15) is 24.0 Å². The predicted octanol–water partition coefficient (Wildman–Crippen LogP) is 1.08. The van der Waals surface area contributed by atoms with Crippen LogP contribution in [0.1, 0.15) is 36.8 Å². The fraction of sp³-hybridized carbons (Fsp3) is 0.350. The van der Waals surface area contributed by atoms with Gasteiger partial charge in [0.2, 0.25) is 0 Å². The minimum atomic E-state index is -0.624. The van der Waals surface area contributed by atoms with Crippen LogP contribution < -0.4 is 0 Å². The van der Waals surface area contributed by atoms with Crippen LogP contribution in [0.4, 0.5) is 0 Å². The molecule has 0 aromatic heterocycles. The number of imide groups is 2. The van der Waals surface area contributed by atoms with E-state index in [2.05, 4.69) is 0 Å². The smallest absolute Gasteiger partial charge is 0.330 e. The monoisotopic (exact) mass is 384 g/mol. The van der Waals surface area contributed by atoms with E-state index in [1.54, 1.807) is 0 Å². The maximum atomic E-state index is 11.8. The molecule has 0 N–H and O–H groups in total. The highest BCUT2D eigenvalue weighted by atomic mass is 16.7. The molecule has 0 saturated carbocycles. The van der Waals surface area contributed by atoms with Crippen molar-refractivity contribution in [3.8, 4) is 0 Å². The van der Waals surface area contributed by atoms with Gasteiger partial charge in [-0.25, -0.2) is 4.79 Å². The lowest BCUT2D eigenvalue weighted by Gasteiger charge is -2.13. The highest BCUT2D eigenvalue weighted by molar-refractivity contribution is 6.12. The van der Waals surface area contributed by atoms with Crippen LogP contribution in [0, 0.1) is 0 Å². The zero-order chi connectivity index (χ0) is 20.1. The molecular weight excluding hydrogens is 364 g/mol. The Labute approximate surface area is 161 Å². The number of rotatable bonds is 8. The second-order valence-corrected chi connectivity index (χ2v) is 6.63. The molecule has 0 bridgehead atoms. The molecule has 2 aliphatic heterocycles. The van der Waals surface area contributed by atoms with Crippen LogP contribution in [-0.4, -0.2) is 46.1 Å². The van der Waals surface area contributed by atoms with E-state index >= 15 is 0 Å². The fourth-order valence-corrected chi connectivity index (χ4v) is 3.02. The van der Waals surface area contributed by atoms with Gasteiger partial charge in [0.25, 0.3) is 23.6 Å². The molecule has 0 spiro atoms. The first kappa shape index (κ1) is 19.5. The minimum absolute atomic E-state index is 0.0581. The molecule has 8 nitrogen and oxygen atoms in total. The maximum absolute atomic E-state index is 11.8.